The van der Waals surface area contributed by atoms with Gasteiger partial charge in [0, 0.05) is 13.0 Å². The first-order valence-corrected chi connectivity index (χ1v) is 16.5. The highest BCUT2D eigenvalue weighted by molar-refractivity contribution is 5.81. The van der Waals surface area contributed by atoms with E-state index in [0.717, 1.165) is 38.5 Å². The monoisotopic (exact) mass is 573 g/mol. The van der Waals surface area contributed by atoms with Crippen molar-refractivity contribution in [3.63, 3.8) is 0 Å². The lowest BCUT2D eigenvalue weighted by molar-refractivity contribution is -0.159. The highest BCUT2D eigenvalue weighted by Gasteiger charge is 2.34. The first-order chi connectivity index (χ1) is 19.3. The topological polar surface area (TPSA) is 136 Å². The van der Waals surface area contributed by atoms with Gasteiger partial charge in [-0.1, -0.05) is 136 Å². The largest absolute Gasteiger partial charge is 0.463 e. The molecule has 0 aromatic carbocycles. The fourth-order valence-electron chi connectivity index (χ4n) is 4.78. The van der Waals surface area contributed by atoms with Crippen LogP contribution in [0.25, 0.3) is 0 Å². The molecular formula is C32H63NO7. The molecule has 4 atom stereocenters. The number of aliphatic hydroxyl groups excluding tert-OH is 4. The van der Waals surface area contributed by atoms with Crippen molar-refractivity contribution in [3.05, 3.63) is 0 Å². The van der Waals surface area contributed by atoms with Crippen LogP contribution in [-0.4, -0.2) is 69.9 Å². The van der Waals surface area contributed by atoms with Crippen molar-refractivity contribution >= 4 is 11.9 Å². The molecule has 5 N–H and O–H groups in total. The van der Waals surface area contributed by atoms with Crippen LogP contribution in [0.1, 0.15) is 155 Å². The molecule has 0 aromatic rings. The fraction of sp³-hybridized carbons (Fsp3) is 0.938. The summed E-state index contributed by atoms with van der Waals surface area (Å²) in [5.41, 5.74) is 0. The van der Waals surface area contributed by atoms with E-state index in [4.69, 9.17) is 4.74 Å². The van der Waals surface area contributed by atoms with Crippen LogP contribution in [0, 0.1) is 0 Å². The number of hydrogen-bond acceptors (Lipinski definition) is 7. The zero-order valence-electron chi connectivity index (χ0n) is 25.8. The lowest BCUT2D eigenvalue weighted by Gasteiger charge is -2.25. The van der Waals surface area contributed by atoms with Crippen LogP contribution >= 0.6 is 0 Å². The van der Waals surface area contributed by atoms with E-state index in [0.29, 0.717) is 13.0 Å². The quantitative estimate of drug-likeness (QED) is 0.0571. The third kappa shape index (κ3) is 22.5. The average Bonchev–Trinajstić information content (AvgIpc) is 2.96. The molecule has 0 spiro atoms. The van der Waals surface area contributed by atoms with Crippen molar-refractivity contribution in [3.8, 4) is 0 Å². The predicted molar refractivity (Wildman–Crippen MR) is 161 cm³/mol. The molecule has 40 heavy (non-hydrogen) atoms. The second-order valence-electron chi connectivity index (χ2n) is 11.4. The summed E-state index contributed by atoms with van der Waals surface area (Å²) in [6.45, 7) is 4.29. The van der Waals surface area contributed by atoms with Crippen molar-refractivity contribution in [1.82, 2.24) is 5.32 Å². The van der Waals surface area contributed by atoms with Gasteiger partial charge in [-0.2, -0.15) is 0 Å². The highest BCUT2D eigenvalue weighted by atomic mass is 16.5. The Morgan fingerprint density at radius 2 is 0.975 bits per heavy atom. The first kappa shape index (κ1) is 38.8. The molecule has 0 aliphatic carbocycles. The van der Waals surface area contributed by atoms with E-state index < -0.39 is 42.9 Å². The summed E-state index contributed by atoms with van der Waals surface area (Å²) in [6, 6.07) is 0. The van der Waals surface area contributed by atoms with Gasteiger partial charge in [-0.15, -0.1) is 0 Å². The Kier molecular flexibility index (Phi) is 27.1. The van der Waals surface area contributed by atoms with Crippen molar-refractivity contribution in [2.24, 2.45) is 0 Å². The summed E-state index contributed by atoms with van der Waals surface area (Å²) in [4.78, 5) is 24.0. The number of hydrogen-bond donors (Lipinski definition) is 5. The number of esters is 1. The molecule has 0 radical (unpaired) electrons. The van der Waals surface area contributed by atoms with Gasteiger partial charge in [0.05, 0.1) is 0 Å². The van der Waals surface area contributed by atoms with Gasteiger partial charge in [0.25, 0.3) is 5.91 Å². The molecule has 0 saturated heterocycles. The molecule has 0 saturated carbocycles. The maximum atomic E-state index is 12.1. The van der Waals surface area contributed by atoms with Gasteiger partial charge in [-0.25, -0.2) is 0 Å². The summed E-state index contributed by atoms with van der Waals surface area (Å²) in [7, 11) is 0. The number of nitrogens with one attached hydrogen (secondary N) is 1. The Hall–Kier alpha value is -1.22. The minimum atomic E-state index is -1.90. The van der Waals surface area contributed by atoms with Crippen LogP contribution < -0.4 is 5.32 Å². The van der Waals surface area contributed by atoms with E-state index in [1.165, 1.54) is 89.9 Å². The number of rotatable bonds is 29. The number of amides is 1. The standard InChI is InChI=1S/C32H63NO7/c1-3-5-7-9-11-13-14-15-17-19-21-23-25-33-32(39)31(38)30(37)29(36)27(34)26-40-28(35)24-22-20-18-16-12-10-8-6-4-2/h27,29-31,34,36-38H,3-26H2,1-2H3,(H,33,39). The summed E-state index contributed by atoms with van der Waals surface area (Å²) < 4.78 is 5.00. The van der Waals surface area contributed by atoms with Crippen LogP contribution in [0.2, 0.25) is 0 Å². The summed E-state index contributed by atoms with van der Waals surface area (Å²) in [5, 5.41) is 43.0. The summed E-state index contributed by atoms with van der Waals surface area (Å²) in [5.74, 6) is -1.28. The minimum absolute atomic E-state index is 0.228. The molecule has 238 valence electrons. The van der Waals surface area contributed by atoms with E-state index >= 15 is 0 Å². The van der Waals surface area contributed by atoms with E-state index in [9.17, 15) is 30.0 Å². The van der Waals surface area contributed by atoms with Crippen molar-refractivity contribution in [1.29, 1.82) is 0 Å². The fourth-order valence-corrected chi connectivity index (χ4v) is 4.78. The number of aliphatic hydroxyl groups is 4. The highest BCUT2D eigenvalue weighted by Crippen LogP contribution is 2.13. The first-order valence-electron chi connectivity index (χ1n) is 16.5. The minimum Gasteiger partial charge on any atom is -0.463 e. The normalized spacial score (nSPS) is 14.4. The number of carbonyl (C=O) groups is 2. The van der Waals surface area contributed by atoms with Crippen molar-refractivity contribution in [2.45, 2.75) is 180 Å². The van der Waals surface area contributed by atoms with Gasteiger partial charge in [0.1, 0.15) is 24.9 Å². The Morgan fingerprint density at radius 3 is 1.43 bits per heavy atom. The molecule has 0 aromatic heterocycles. The number of unbranched alkanes of at least 4 members (excludes halogenated alkanes) is 19. The van der Waals surface area contributed by atoms with Crippen molar-refractivity contribution in [2.75, 3.05) is 13.2 Å². The van der Waals surface area contributed by atoms with Crippen LogP contribution in [0.3, 0.4) is 0 Å². The van der Waals surface area contributed by atoms with Gasteiger partial charge < -0.3 is 30.5 Å². The molecule has 8 heteroatoms. The molecule has 0 aliphatic rings. The van der Waals surface area contributed by atoms with Gasteiger partial charge in [-0.3, -0.25) is 9.59 Å². The van der Waals surface area contributed by atoms with Crippen LogP contribution in [0.15, 0.2) is 0 Å². The smallest absolute Gasteiger partial charge is 0.305 e. The van der Waals surface area contributed by atoms with E-state index in [1.807, 2.05) is 0 Å². The van der Waals surface area contributed by atoms with E-state index in [-0.39, 0.29) is 6.42 Å². The molecule has 4 unspecified atom stereocenters. The van der Waals surface area contributed by atoms with Gasteiger partial charge in [0.2, 0.25) is 0 Å². The molecule has 0 heterocycles. The Labute approximate surface area is 244 Å². The molecule has 0 bridgehead atoms. The van der Waals surface area contributed by atoms with Crippen LogP contribution in [0.4, 0.5) is 0 Å². The van der Waals surface area contributed by atoms with Gasteiger partial charge >= 0.3 is 5.97 Å². The van der Waals surface area contributed by atoms with Crippen LogP contribution in [0.5, 0.6) is 0 Å². The van der Waals surface area contributed by atoms with E-state index in [1.54, 1.807) is 0 Å². The number of ether oxygens (including phenoxy) is 1. The number of carbonyl (C=O) groups excluding carboxylic acids is 2. The van der Waals surface area contributed by atoms with Crippen LogP contribution in [-0.2, 0) is 14.3 Å². The second-order valence-corrected chi connectivity index (χ2v) is 11.4. The molecule has 8 nitrogen and oxygen atoms in total. The molecular weight excluding hydrogens is 510 g/mol. The third-order valence-corrected chi connectivity index (χ3v) is 7.57. The van der Waals surface area contributed by atoms with E-state index in [2.05, 4.69) is 19.2 Å². The third-order valence-electron chi connectivity index (χ3n) is 7.57. The predicted octanol–water partition coefficient (Wildman–Crippen LogP) is 5.71. The zero-order chi connectivity index (χ0) is 29.8. The Morgan fingerprint density at radius 1 is 0.575 bits per heavy atom. The SMILES string of the molecule is CCCCCCCCCCCCCCNC(=O)C(O)C(O)C(O)C(O)COC(=O)CCCCCCCCCCC. The summed E-state index contributed by atoms with van der Waals surface area (Å²) in [6.07, 6.45) is 17.7. The Bertz CT molecular complexity index is 590. The Balaban J connectivity index is 3.84. The molecule has 0 aliphatic heterocycles. The average molecular weight is 574 g/mol. The molecule has 1 amide bonds. The lowest BCUT2D eigenvalue weighted by atomic mass is 10.0. The maximum Gasteiger partial charge on any atom is 0.305 e. The van der Waals surface area contributed by atoms with Gasteiger partial charge in [0.15, 0.2) is 6.10 Å². The zero-order valence-corrected chi connectivity index (χ0v) is 25.8. The lowest BCUT2D eigenvalue weighted by Crippen LogP contribution is -2.52. The molecule has 0 rings (SSSR count). The van der Waals surface area contributed by atoms with Crippen molar-refractivity contribution < 1.29 is 34.8 Å². The maximum absolute atomic E-state index is 12.1. The van der Waals surface area contributed by atoms with Gasteiger partial charge in [-0.05, 0) is 12.8 Å². The summed E-state index contributed by atoms with van der Waals surface area (Å²) >= 11 is 0. The molecule has 0 fully saturated rings. The second kappa shape index (κ2) is 27.9.